The average molecular weight is 260 g/mol. The van der Waals surface area contributed by atoms with Crippen LogP contribution in [0, 0.1) is 24.2 Å². The summed E-state index contributed by atoms with van der Waals surface area (Å²) >= 11 is 0. The molecule has 0 aromatic carbocycles. The molecule has 0 unspecified atom stereocenters. The van der Waals surface area contributed by atoms with Gasteiger partial charge in [0.15, 0.2) is 0 Å². The number of hydrogen-bond acceptors (Lipinski definition) is 3. The molecule has 2 N–H and O–H groups in total. The summed E-state index contributed by atoms with van der Waals surface area (Å²) in [7, 11) is 0. The first-order chi connectivity index (χ1) is 9.10. The van der Waals surface area contributed by atoms with Gasteiger partial charge in [-0.15, -0.1) is 0 Å². The molecular weight excluding hydrogens is 240 g/mol. The van der Waals surface area contributed by atoms with E-state index in [1.54, 1.807) is 6.92 Å². The Balaban J connectivity index is 2.06. The van der Waals surface area contributed by atoms with Gasteiger partial charge in [0, 0.05) is 5.69 Å². The lowest BCUT2D eigenvalue weighted by Gasteiger charge is -2.35. The van der Waals surface area contributed by atoms with E-state index in [2.05, 4.69) is 28.5 Å². The molecule has 0 bridgehead atoms. The molecule has 1 heterocycles. The van der Waals surface area contributed by atoms with Crippen molar-refractivity contribution in [3.63, 3.8) is 0 Å². The molecule has 0 aliphatic heterocycles. The zero-order chi connectivity index (χ0) is 13.9. The molecule has 1 saturated carbocycles. The summed E-state index contributed by atoms with van der Waals surface area (Å²) in [4.78, 5) is 12.2. The highest BCUT2D eigenvalue weighted by molar-refractivity contribution is 5.95. The first kappa shape index (κ1) is 13.6. The standard InChI is InChI=1S/C14H20N4O/c1-3-11-4-6-14(9-15,7-5-11)17-13(19)12-8-16-18-10(12)2/h8,11H,3-7H2,1-2H3,(H,16,18)(H,17,19). The average Bonchev–Trinajstić information content (AvgIpc) is 2.86. The van der Waals surface area contributed by atoms with Crippen molar-refractivity contribution in [3.05, 3.63) is 17.5 Å². The summed E-state index contributed by atoms with van der Waals surface area (Å²) < 4.78 is 0. The number of amides is 1. The van der Waals surface area contributed by atoms with Gasteiger partial charge in [-0.05, 0) is 38.5 Å². The summed E-state index contributed by atoms with van der Waals surface area (Å²) in [5.74, 6) is 0.483. The predicted molar refractivity (Wildman–Crippen MR) is 71.4 cm³/mol. The Morgan fingerprint density at radius 1 is 1.63 bits per heavy atom. The van der Waals surface area contributed by atoms with Crippen LogP contribution in [0.15, 0.2) is 6.20 Å². The lowest BCUT2D eigenvalue weighted by molar-refractivity contribution is 0.0890. The van der Waals surface area contributed by atoms with Gasteiger partial charge in [-0.25, -0.2) is 0 Å². The molecule has 0 spiro atoms. The predicted octanol–water partition coefficient (Wildman–Crippen LogP) is 2.31. The van der Waals surface area contributed by atoms with Crippen molar-refractivity contribution in [2.24, 2.45) is 5.92 Å². The van der Waals surface area contributed by atoms with E-state index in [0.29, 0.717) is 11.5 Å². The highest BCUT2D eigenvalue weighted by Crippen LogP contribution is 2.33. The van der Waals surface area contributed by atoms with E-state index in [1.807, 2.05) is 0 Å². The van der Waals surface area contributed by atoms with Crippen molar-refractivity contribution in [1.82, 2.24) is 15.5 Å². The molecule has 1 aliphatic rings. The SMILES string of the molecule is CCC1CCC(C#N)(NC(=O)c2cn[nH]c2C)CC1. The molecule has 1 fully saturated rings. The Morgan fingerprint density at radius 2 is 2.32 bits per heavy atom. The minimum absolute atomic E-state index is 0.206. The van der Waals surface area contributed by atoms with Gasteiger partial charge < -0.3 is 5.32 Å². The number of hydrogen-bond donors (Lipinski definition) is 2. The van der Waals surface area contributed by atoms with E-state index in [1.165, 1.54) is 6.20 Å². The first-order valence-corrected chi connectivity index (χ1v) is 6.84. The van der Waals surface area contributed by atoms with Crippen molar-refractivity contribution in [2.75, 3.05) is 0 Å². The molecule has 2 rings (SSSR count). The fourth-order valence-corrected chi connectivity index (χ4v) is 2.71. The minimum atomic E-state index is -0.702. The number of carbonyl (C=O) groups excluding carboxylic acids is 1. The number of aryl methyl sites for hydroxylation is 1. The zero-order valence-electron chi connectivity index (χ0n) is 11.5. The third kappa shape index (κ3) is 2.78. The van der Waals surface area contributed by atoms with Crippen LogP contribution in [0.3, 0.4) is 0 Å². The van der Waals surface area contributed by atoms with E-state index in [9.17, 15) is 10.1 Å². The van der Waals surface area contributed by atoms with E-state index in [4.69, 9.17) is 0 Å². The smallest absolute Gasteiger partial charge is 0.255 e. The van der Waals surface area contributed by atoms with Crippen molar-refractivity contribution in [3.8, 4) is 6.07 Å². The molecule has 1 aromatic rings. The van der Waals surface area contributed by atoms with Crippen LogP contribution < -0.4 is 5.32 Å². The van der Waals surface area contributed by atoms with Crippen LogP contribution in [0.25, 0.3) is 0 Å². The number of aromatic nitrogens is 2. The van der Waals surface area contributed by atoms with E-state index in [-0.39, 0.29) is 5.91 Å². The third-order valence-electron chi connectivity index (χ3n) is 4.18. The molecule has 1 amide bonds. The second-order valence-electron chi connectivity index (χ2n) is 5.41. The molecule has 0 atom stereocenters. The van der Waals surface area contributed by atoms with Crippen LogP contribution in [0.5, 0.6) is 0 Å². The molecule has 1 aliphatic carbocycles. The van der Waals surface area contributed by atoms with E-state index >= 15 is 0 Å². The van der Waals surface area contributed by atoms with Crippen molar-refractivity contribution in [1.29, 1.82) is 5.26 Å². The number of nitriles is 1. The Kier molecular flexibility index (Phi) is 3.89. The van der Waals surface area contributed by atoms with E-state index < -0.39 is 5.54 Å². The Labute approximate surface area is 113 Å². The molecule has 5 nitrogen and oxygen atoms in total. The Hall–Kier alpha value is -1.83. The summed E-state index contributed by atoms with van der Waals surface area (Å²) in [5.41, 5.74) is 0.548. The molecule has 1 aromatic heterocycles. The van der Waals surface area contributed by atoms with Crippen molar-refractivity contribution < 1.29 is 4.79 Å². The second-order valence-corrected chi connectivity index (χ2v) is 5.41. The quantitative estimate of drug-likeness (QED) is 0.875. The van der Waals surface area contributed by atoms with Crippen molar-refractivity contribution >= 4 is 5.91 Å². The van der Waals surface area contributed by atoms with Crippen molar-refractivity contribution in [2.45, 2.75) is 51.5 Å². The van der Waals surface area contributed by atoms with Crippen LogP contribution in [-0.2, 0) is 0 Å². The largest absolute Gasteiger partial charge is 0.334 e. The van der Waals surface area contributed by atoms with Gasteiger partial charge in [0.05, 0.1) is 17.8 Å². The summed E-state index contributed by atoms with van der Waals surface area (Å²) in [6, 6.07) is 2.31. The number of carbonyl (C=O) groups is 1. The van der Waals surface area contributed by atoms with Gasteiger partial charge >= 0.3 is 0 Å². The summed E-state index contributed by atoms with van der Waals surface area (Å²) in [5, 5.41) is 18.9. The highest BCUT2D eigenvalue weighted by atomic mass is 16.1. The van der Waals surface area contributed by atoms with E-state index in [0.717, 1.165) is 37.8 Å². The van der Waals surface area contributed by atoms with Crippen LogP contribution in [0.4, 0.5) is 0 Å². The monoisotopic (exact) mass is 260 g/mol. The molecular formula is C14H20N4O. The van der Waals surface area contributed by atoms with Gasteiger partial charge in [0.25, 0.3) is 5.91 Å². The number of rotatable bonds is 3. The number of aromatic amines is 1. The van der Waals surface area contributed by atoms with Gasteiger partial charge in [-0.2, -0.15) is 10.4 Å². The fraction of sp³-hybridized carbons (Fsp3) is 0.643. The first-order valence-electron chi connectivity index (χ1n) is 6.84. The van der Waals surface area contributed by atoms with Gasteiger partial charge in [0.2, 0.25) is 0 Å². The second kappa shape index (κ2) is 5.43. The zero-order valence-corrected chi connectivity index (χ0v) is 11.5. The lowest BCUT2D eigenvalue weighted by atomic mass is 9.76. The number of nitrogens with zero attached hydrogens (tertiary/aromatic N) is 2. The Morgan fingerprint density at radius 3 is 2.79 bits per heavy atom. The van der Waals surface area contributed by atoms with Crippen LogP contribution in [0.2, 0.25) is 0 Å². The third-order valence-corrected chi connectivity index (χ3v) is 4.18. The summed E-state index contributed by atoms with van der Waals surface area (Å²) in [6.07, 6.45) is 6.16. The molecule has 0 saturated heterocycles. The van der Waals surface area contributed by atoms with Gasteiger partial charge in [0.1, 0.15) is 5.54 Å². The van der Waals surface area contributed by atoms with Crippen LogP contribution in [-0.4, -0.2) is 21.6 Å². The maximum Gasteiger partial charge on any atom is 0.255 e. The van der Waals surface area contributed by atoms with Crippen LogP contribution in [0.1, 0.15) is 55.1 Å². The van der Waals surface area contributed by atoms with Gasteiger partial charge in [-0.3, -0.25) is 9.89 Å². The lowest BCUT2D eigenvalue weighted by Crippen LogP contribution is -2.49. The number of H-pyrrole nitrogens is 1. The summed E-state index contributed by atoms with van der Waals surface area (Å²) in [6.45, 7) is 3.98. The molecule has 19 heavy (non-hydrogen) atoms. The normalized spacial score (nSPS) is 26.7. The molecule has 5 heteroatoms. The van der Waals surface area contributed by atoms with Gasteiger partial charge in [-0.1, -0.05) is 13.3 Å². The Bertz CT molecular complexity index is 492. The molecule has 0 radical (unpaired) electrons. The maximum atomic E-state index is 12.2. The van der Waals surface area contributed by atoms with Crippen LogP contribution >= 0.6 is 0 Å². The minimum Gasteiger partial charge on any atom is -0.334 e. The topological polar surface area (TPSA) is 81.6 Å². The maximum absolute atomic E-state index is 12.2. The molecule has 102 valence electrons. The highest BCUT2D eigenvalue weighted by Gasteiger charge is 2.36. The fourth-order valence-electron chi connectivity index (χ4n) is 2.71. The number of nitrogens with one attached hydrogen (secondary N) is 2.